The molecule has 0 fully saturated rings. The minimum Gasteiger partial charge on any atom is -0.293 e. The van der Waals surface area contributed by atoms with Gasteiger partial charge in [0.15, 0.2) is 5.78 Å². The highest BCUT2D eigenvalue weighted by Gasteiger charge is 2.08. The van der Waals surface area contributed by atoms with Gasteiger partial charge in [0.2, 0.25) is 0 Å². The second-order valence-electron chi connectivity index (χ2n) is 3.99. The zero-order valence-electron chi connectivity index (χ0n) is 8.01. The summed E-state index contributed by atoms with van der Waals surface area (Å²) in [6, 6.07) is 0. The molecule has 0 N–H and O–H groups in total. The highest BCUT2D eigenvalue weighted by molar-refractivity contribution is 6.28. The zero-order chi connectivity index (χ0) is 9.07. The van der Waals surface area contributed by atoms with Crippen LogP contribution in [0.25, 0.3) is 0 Å². The highest BCUT2D eigenvalue weighted by atomic mass is 16.1. The molecule has 0 rings (SSSR count). The third-order valence-corrected chi connectivity index (χ3v) is 1.15. The molecule has 0 aromatic carbocycles. The Morgan fingerprint density at radius 1 is 1.36 bits per heavy atom. The second kappa shape index (κ2) is 3.65. The van der Waals surface area contributed by atoms with Crippen LogP contribution in [-0.4, -0.2) is 17.5 Å². The van der Waals surface area contributed by atoms with E-state index in [9.17, 15) is 4.79 Å². The van der Waals surface area contributed by atoms with Crippen LogP contribution in [0.1, 0.15) is 34.6 Å². The fourth-order valence-corrected chi connectivity index (χ4v) is 0.406. The van der Waals surface area contributed by atoms with Crippen LogP contribution in [-0.2, 0) is 4.79 Å². The molecule has 0 aromatic rings. The van der Waals surface area contributed by atoms with Crippen molar-refractivity contribution < 1.29 is 4.79 Å². The molecule has 64 valence electrons. The van der Waals surface area contributed by atoms with Crippen LogP contribution < -0.4 is 0 Å². The number of rotatable bonds is 2. The lowest BCUT2D eigenvalue weighted by Gasteiger charge is -2.10. The van der Waals surface area contributed by atoms with Crippen molar-refractivity contribution in [2.45, 2.75) is 40.2 Å². The van der Waals surface area contributed by atoms with Crippen LogP contribution >= 0.6 is 0 Å². The van der Waals surface area contributed by atoms with E-state index >= 15 is 0 Å². The van der Waals surface area contributed by atoms with Gasteiger partial charge in [-0.3, -0.25) is 9.79 Å². The quantitative estimate of drug-likeness (QED) is 0.561. The molecule has 0 atom stereocenters. The maximum Gasteiger partial charge on any atom is 0.175 e. The minimum absolute atomic E-state index is 0.0566. The van der Waals surface area contributed by atoms with Crippen molar-refractivity contribution >= 4 is 12.0 Å². The third-order valence-electron chi connectivity index (χ3n) is 1.15. The summed E-state index contributed by atoms with van der Waals surface area (Å²) in [4.78, 5) is 15.1. The van der Waals surface area contributed by atoms with Gasteiger partial charge in [0.25, 0.3) is 0 Å². The Kier molecular flexibility index (Phi) is 3.43. The first-order chi connectivity index (χ1) is 4.83. The van der Waals surface area contributed by atoms with Gasteiger partial charge in [-0.05, 0) is 20.8 Å². The lowest BCUT2D eigenvalue weighted by atomic mass is 10.1. The SMILES string of the molecule is CC(C)C(=O)C=NC(C)(C)C. The first-order valence-corrected chi connectivity index (χ1v) is 3.92. The summed E-state index contributed by atoms with van der Waals surface area (Å²) in [7, 11) is 0. The van der Waals surface area contributed by atoms with Crippen LogP contribution in [0.5, 0.6) is 0 Å². The largest absolute Gasteiger partial charge is 0.293 e. The van der Waals surface area contributed by atoms with E-state index in [0.717, 1.165) is 0 Å². The molecule has 11 heavy (non-hydrogen) atoms. The Bertz CT molecular complexity index is 163. The van der Waals surface area contributed by atoms with Gasteiger partial charge in [-0.25, -0.2) is 0 Å². The standard InChI is InChI=1S/C9H17NO/c1-7(2)8(11)6-10-9(3,4)5/h6-7H,1-5H3. The molecule has 0 heterocycles. The zero-order valence-corrected chi connectivity index (χ0v) is 8.01. The summed E-state index contributed by atoms with van der Waals surface area (Å²) in [6.45, 7) is 9.65. The maximum atomic E-state index is 11.0. The number of aliphatic imine (C=N–C) groups is 1. The summed E-state index contributed by atoms with van der Waals surface area (Å²) in [5.74, 6) is 0.154. The average molecular weight is 155 g/mol. The Morgan fingerprint density at radius 2 is 1.82 bits per heavy atom. The van der Waals surface area contributed by atoms with Gasteiger partial charge in [0.05, 0.1) is 11.8 Å². The van der Waals surface area contributed by atoms with Crippen molar-refractivity contribution in [3.05, 3.63) is 0 Å². The molecule has 0 saturated carbocycles. The topological polar surface area (TPSA) is 29.4 Å². The van der Waals surface area contributed by atoms with E-state index in [2.05, 4.69) is 4.99 Å². The average Bonchev–Trinajstić information content (AvgIpc) is 1.80. The fraction of sp³-hybridized carbons (Fsp3) is 0.778. The van der Waals surface area contributed by atoms with Gasteiger partial charge in [-0.15, -0.1) is 0 Å². The summed E-state index contributed by atoms with van der Waals surface area (Å²) in [5, 5.41) is 0. The van der Waals surface area contributed by atoms with E-state index in [1.54, 1.807) is 0 Å². The van der Waals surface area contributed by atoms with E-state index in [1.807, 2.05) is 34.6 Å². The number of Topliss-reactive ketones (excluding diaryl/α,β-unsaturated/α-hetero) is 1. The van der Waals surface area contributed by atoms with Crippen LogP contribution in [0.4, 0.5) is 0 Å². The van der Waals surface area contributed by atoms with Crippen molar-refractivity contribution in [1.29, 1.82) is 0 Å². The molecule has 0 amide bonds. The Labute approximate surface area is 68.7 Å². The molecule has 0 radical (unpaired) electrons. The normalized spacial score (nSPS) is 12.9. The molecular formula is C9H17NO. The van der Waals surface area contributed by atoms with Crippen molar-refractivity contribution in [3.63, 3.8) is 0 Å². The molecule has 2 nitrogen and oxygen atoms in total. The number of carbonyl (C=O) groups excluding carboxylic acids is 1. The first-order valence-electron chi connectivity index (χ1n) is 3.92. The second-order valence-corrected chi connectivity index (χ2v) is 3.99. The van der Waals surface area contributed by atoms with Gasteiger partial charge >= 0.3 is 0 Å². The summed E-state index contributed by atoms with van der Waals surface area (Å²) in [5.41, 5.74) is -0.134. The molecule has 0 saturated heterocycles. The van der Waals surface area contributed by atoms with E-state index in [1.165, 1.54) is 6.21 Å². The molecule has 0 aliphatic carbocycles. The number of hydrogen-bond acceptors (Lipinski definition) is 2. The molecule has 2 heteroatoms. The fourth-order valence-electron chi connectivity index (χ4n) is 0.406. The van der Waals surface area contributed by atoms with Crippen LogP contribution in [0.15, 0.2) is 4.99 Å². The molecule has 0 unspecified atom stereocenters. The van der Waals surface area contributed by atoms with E-state index in [0.29, 0.717) is 0 Å². The molecule has 0 aromatic heterocycles. The highest BCUT2D eigenvalue weighted by Crippen LogP contribution is 2.05. The summed E-state index contributed by atoms with van der Waals surface area (Å²) >= 11 is 0. The molecule has 0 spiro atoms. The lowest BCUT2D eigenvalue weighted by Crippen LogP contribution is -2.15. The van der Waals surface area contributed by atoms with Gasteiger partial charge in [-0.1, -0.05) is 13.8 Å². The predicted octanol–water partition coefficient (Wildman–Crippen LogP) is 2.08. The molecule has 0 bridgehead atoms. The van der Waals surface area contributed by atoms with Crippen molar-refractivity contribution in [3.8, 4) is 0 Å². The van der Waals surface area contributed by atoms with Crippen LogP contribution in [0.2, 0.25) is 0 Å². The monoisotopic (exact) mass is 155 g/mol. The number of carbonyl (C=O) groups is 1. The Hall–Kier alpha value is -0.660. The third kappa shape index (κ3) is 5.77. The molecule has 0 aliphatic rings. The van der Waals surface area contributed by atoms with Gasteiger partial charge in [0, 0.05) is 5.92 Å². The van der Waals surface area contributed by atoms with Gasteiger partial charge in [0.1, 0.15) is 0 Å². The van der Waals surface area contributed by atoms with Gasteiger partial charge < -0.3 is 0 Å². The van der Waals surface area contributed by atoms with E-state index < -0.39 is 0 Å². The smallest absolute Gasteiger partial charge is 0.175 e. The number of nitrogens with zero attached hydrogens (tertiary/aromatic N) is 1. The lowest BCUT2D eigenvalue weighted by molar-refractivity contribution is -0.115. The predicted molar refractivity (Wildman–Crippen MR) is 48.1 cm³/mol. The summed E-state index contributed by atoms with van der Waals surface area (Å²) in [6.07, 6.45) is 1.44. The van der Waals surface area contributed by atoms with Crippen molar-refractivity contribution in [2.75, 3.05) is 0 Å². The van der Waals surface area contributed by atoms with E-state index in [-0.39, 0.29) is 17.2 Å². The van der Waals surface area contributed by atoms with Crippen molar-refractivity contribution in [2.24, 2.45) is 10.9 Å². The van der Waals surface area contributed by atoms with Crippen LogP contribution in [0, 0.1) is 5.92 Å². The van der Waals surface area contributed by atoms with Crippen molar-refractivity contribution in [1.82, 2.24) is 0 Å². The van der Waals surface area contributed by atoms with E-state index in [4.69, 9.17) is 0 Å². The Morgan fingerprint density at radius 3 is 2.09 bits per heavy atom. The number of ketones is 1. The number of hydrogen-bond donors (Lipinski definition) is 0. The Balaban J connectivity index is 4.05. The van der Waals surface area contributed by atoms with Gasteiger partial charge in [-0.2, -0.15) is 0 Å². The summed E-state index contributed by atoms with van der Waals surface area (Å²) < 4.78 is 0. The molecule has 0 aliphatic heterocycles. The maximum absolute atomic E-state index is 11.0. The molecular weight excluding hydrogens is 138 g/mol. The van der Waals surface area contributed by atoms with Crippen LogP contribution in [0.3, 0.4) is 0 Å². The minimum atomic E-state index is -0.134. The first kappa shape index (κ1) is 10.3.